The number of nitrogens with one attached hydrogen (secondary N) is 1. The SMILES string of the molecule is Cc1nc(-c2ccncc2)[nH]c(=O)c1C. The molecule has 4 heteroatoms. The number of hydrogen-bond donors (Lipinski definition) is 1. The van der Waals surface area contributed by atoms with Crippen molar-refractivity contribution in [2.75, 3.05) is 0 Å². The average molecular weight is 201 g/mol. The van der Waals surface area contributed by atoms with Gasteiger partial charge < -0.3 is 4.98 Å². The molecule has 0 aliphatic carbocycles. The van der Waals surface area contributed by atoms with Crippen LogP contribution in [-0.2, 0) is 0 Å². The second-order valence-electron chi connectivity index (χ2n) is 3.36. The van der Waals surface area contributed by atoms with E-state index in [0.717, 1.165) is 11.3 Å². The van der Waals surface area contributed by atoms with E-state index in [0.29, 0.717) is 11.4 Å². The Bertz CT molecular complexity index is 531. The quantitative estimate of drug-likeness (QED) is 0.759. The predicted octanol–water partition coefficient (Wildman–Crippen LogP) is 1.45. The average Bonchev–Trinajstić information content (AvgIpc) is 2.26. The Morgan fingerprint density at radius 3 is 2.47 bits per heavy atom. The third-order valence-corrected chi connectivity index (χ3v) is 2.35. The lowest BCUT2D eigenvalue weighted by atomic mass is 10.2. The van der Waals surface area contributed by atoms with Gasteiger partial charge in [0.1, 0.15) is 5.82 Å². The number of aromatic amines is 1. The van der Waals surface area contributed by atoms with E-state index in [1.807, 2.05) is 19.1 Å². The van der Waals surface area contributed by atoms with E-state index in [1.54, 1.807) is 19.3 Å². The van der Waals surface area contributed by atoms with Gasteiger partial charge in [0, 0.05) is 29.2 Å². The zero-order valence-electron chi connectivity index (χ0n) is 8.61. The summed E-state index contributed by atoms with van der Waals surface area (Å²) in [6, 6.07) is 3.63. The van der Waals surface area contributed by atoms with Gasteiger partial charge in [-0.2, -0.15) is 0 Å². The lowest BCUT2D eigenvalue weighted by Gasteiger charge is -2.03. The molecule has 2 heterocycles. The molecule has 0 fully saturated rings. The summed E-state index contributed by atoms with van der Waals surface area (Å²) in [6.45, 7) is 3.59. The van der Waals surface area contributed by atoms with Crippen LogP contribution < -0.4 is 5.56 Å². The van der Waals surface area contributed by atoms with Crippen LogP contribution in [0.5, 0.6) is 0 Å². The third kappa shape index (κ3) is 1.79. The van der Waals surface area contributed by atoms with E-state index in [9.17, 15) is 4.79 Å². The molecule has 0 saturated carbocycles. The molecule has 0 aromatic carbocycles. The summed E-state index contributed by atoms with van der Waals surface area (Å²) >= 11 is 0. The van der Waals surface area contributed by atoms with Gasteiger partial charge in [0.15, 0.2) is 0 Å². The van der Waals surface area contributed by atoms with Crippen LogP contribution in [0.15, 0.2) is 29.3 Å². The van der Waals surface area contributed by atoms with E-state index in [2.05, 4.69) is 15.0 Å². The maximum atomic E-state index is 11.5. The van der Waals surface area contributed by atoms with E-state index in [-0.39, 0.29) is 5.56 Å². The molecule has 0 amide bonds. The Hall–Kier alpha value is -1.97. The molecular weight excluding hydrogens is 190 g/mol. The van der Waals surface area contributed by atoms with Gasteiger partial charge in [0.05, 0.1) is 0 Å². The third-order valence-electron chi connectivity index (χ3n) is 2.35. The normalized spacial score (nSPS) is 10.3. The van der Waals surface area contributed by atoms with Crippen molar-refractivity contribution < 1.29 is 0 Å². The van der Waals surface area contributed by atoms with Gasteiger partial charge in [-0.3, -0.25) is 9.78 Å². The summed E-state index contributed by atoms with van der Waals surface area (Å²) in [5, 5.41) is 0. The molecule has 4 nitrogen and oxygen atoms in total. The Morgan fingerprint density at radius 1 is 1.20 bits per heavy atom. The maximum absolute atomic E-state index is 11.5. The van der Waals surface area contributed by atoms with Gasteiger partial charge >= 0.3 is 0 Å². The Morgan fingerprint density at radius 2 is 1.87 bits per heavy atom. The minimum atomic E-state index is -0.0886. The van der Waals surface area contributed by atoms with Crippen LogP contribution in [-0.4, -0.2) is 15.0 Å². The van der Waals surface area contributed by atoms with Gasteiger partial charge in [-0.15, -0.1) is 0 Å². The van der Waals surface area contributed by atoms with Gasteiger partial charge in [0.25, 0.3) is 5.56 Å². The molecule has 0 aliphatic rings. The standard InChI is InChI=1S/C11H11N3O/c1-7-8(2)13-10(14-11(7)15)9-3-5-12-6-4-9/h3-6H,1-2H3,(H,13,14,15). The summed E-state index contributed by atoms with van der Waals surface area (Å²) in [5.41, 5.74) is 2.19. The Labute approximate surface area is 87.0 Å². The topological polar surface area (TPSA) is 58.6 Å². The number of nitrogens with zero attached hydrogens (tertiary/aromatic N) is 2. The van der Waals surface area contributed by atoms with E-state index in [4.69, 9.17) is 0 Å². The van der Waals surface area contributed by atoms with Crippen LogP contribution in [0.25, 0.3) is 11.4 Å². The Balaban J connectivity index is 2.61. The van der Waals surface area contributed by atoms with Crippen LogP contribution >= 0.6 is 0 Å². The van der Waals surface area contributed by atoms with Crippen LogP contribution in [0, 0.1) is 13.8 Å². The zero-order chi connectivity index (χ0) is 10.8. The van der Waals surface area contributed by atoms with Crippen LogP contribution in [0.4, 0.5) is 0 Å². The first-order chi connectivity index (χ1) is 7.18. The molecule has 2 aromatic rings. The molecular formula is C11H11N3O. The number of H-pyrrole nitrogens is 1. The largest absolute Gasteiger partial charge is 0.306 e. The fourth-order valence-electron chi connectivity index (χ4n) is 1.29. The number of pyridine rings is 1. The summed E-state index contributed by atoms with van der Waals surface area (Å²) in [4.78, 5) is 22.5. The molecule has 0 unspecified atom stereocenters. The van der Waals surface area contributed by atoms with Crippen molar-refractivity contribution in [2.24, 2.45) is 0 Å². The van der Waals surface area contributed by atoms with Crippen molar-refractivity contribution in [1.82, 2.24) is 15.0 Å². The lowest BCUT2D eigenvalue weighted by Crippen LogP contribution is -2.14. The summed E-state index contributed by atoms with van der Waals surface area (Å²) in [6.07, 6.45) is 3.34. The predicted molar refractivity (Wildman–Crippen MR) is 57.6 cm³/mol. The van der Waals surface area contributed by atoms with Crippen LogP contribution in [0.2, 0.25) is 0 Å². The molecule has 0 aliphatic heterocycles. The van der Waals surface area contributed by atoms with Crippen LogP contribution in [0.3, 0.4) is 0 Å². The number of hydrogen-bond acceptors (Lipinski definition) is 3. The zero-order valence-corrected chi connectivity index (χ0v) is 8.61. The molecule has 1 N–H and O–H groups in total. The second kappa shape index (κ2) is 3.65. The molecule has 2 rings (SSSR count). The number of aryl methyl sites for hydroxylation is 1. The highest BCUT2D eigenvalue weighted by atomic mass is 16.1. The summed E-state index contributed by atoms with van der Waals surface area (Å²) in [7, 11) is 0. The number of rotatable bonds is 1. The van der Waals surface area contributed by atoms with Gasteiger partial charge in [-0.1, -0.05) is 0 Å². The fourth-order valence-corrected chi connectivity index (χ4v) is 1.29. The molecule has 0 radical (unpaired) electrons. The Kier molecular flexibility index (Phi) is 2.33. The summed E-state index contributed by atoms with van der Waals surface area (Å²) < 4.78 is 0. The van der Waals surface area contributed by atoms with Crippen molar-refractivity contribution in [3.05, 3.63) is 46.1 Å². The van der Waals surface area contributed by atoms with Crippen molar-refractivity contribution in [3.63, 3.8) is 0 Å². The highest BCUT2D eigenvalue weighted by Gasteiger charge is 2.04. The van der Waals surface area contributed by atoms with E-state index in [1.165, 1.54) is 0 Å². The summed E-state index contributed by atoms with van der Waals surface area (Å²) in [5.74, 6) is 0.588. The number of aromatic nitrogens is 3. The molecule has 15 heavy (non-hydrogen) atoms. The molecule has 76 valence electrons. The minimum absolute atomic E-state index is 0.0886. The van der Waals surface area contributed by atoms with Crippen molar-refractivity contribution in [2.45, 2.75) is 13.8 Å². The molecule has 0 atom stereocenters. The van der Waals surface area contributed by atoms with Crippen molar-refractivity contribution in [1.29, 1.82) is 0 Å². The van der Waals surface area contributed by atoms with E-state index >= 15 is 0 Å². The van der Waals surface area contributed by atoms with Crippen molar-refractivity contribution in [3.8, 4) is 11.4 Å². The van der Waals surface area contributed by atoms with Crippen LogP contribution in [0.1, 0.15) is 11.3 Å². The monoisotopic (exact) mass is 201 g/mol. The molecule has 0 spiro atoms. The van der Waals surface area contributed by atoms with Gasteiger partial charge in [-0.25, -0.2) is 4.98 Å². The maximum Gasteiger partial charge on any atom is 0.254 e. The smallest absolute Gasteiger partial charge is 0.254 e. The molecule has 0 bridgehead atoms. The highest BCUT2D eigenvalue weighted by Crippen LogP contribution is 2.12. The van der Waals surface area contributed by atoms with Crippen molar-refractivity contribution >= 4 is 0 Å². The first-order valence-corrected chi connectivity index (χ1v) is 4.66. The fraction of sp³-hybridized carbons (Fsp3) is 0.182. The molecule has 0 saturated heterocycles. The first-order valence-electron chi connectivity index (χ1n) is 4.66. The highest BCUT2D eigenvalue weighted by molar-refractivity contribution is 5.53. The lowest BCUT2D eigenvalue weighted by molar-refractivity contribution is 1.03. The van der Waals surface area contributed by atoms with E-state index < -0.39 is 0 Å². The minimum Gasteiger partial charge on any atom is -0.306 e. The van der Waals surface area contributed by atoms with Gasteiger partial charge in [-0.05, 0) is 26.0 Å². The molecule has 2 aromatic heterocycles. The van der Waals surface area contributed by atoms with Gasteiger partial charge in [0.2, 0.25) is 0 Å². The first kappa shape index (κ1) is 9.58. The second-order valence-corrected chi connectivity index (χ2v) is 3.36.